The monoisotopic (exact) mass is 369 g/mol. The molecule has 1 aromatic carbocycles. The van der Waals surface area contributed by atoms with E-state index in [2.05, 4.69) is 0 Å². The molecule has 2 aliphatic rings. The first kappa shape index (κ1) is 18.2. The maximum atomic E-state index is 13.2. The number of benzene rings is 1. The average molecular weight is 369 g/mol. The highest BCUT2D eigenvalue weighted by molar-refractivity contribution is 6.23. The number of alkyl halides is 4. The number of hydrogen-bond donors (Lipinski definition) is 0. The number of carbonyl (C=O) groups is 2. The number of carbonyl (C=O) groups excluding carboxylic acids is 2. The van der Waals surface area contributed by atoms with Crippen molar-refractivity contribution in [2.75, 3.05) is 18.1 Å². The highest BCUT2D eigenvalue weighted by Crippen LogP contribution is 2.44. The number of imide groups is 1. The molecule has 0 atom stereocenters. The van der Waals surface area contributed by atoms with Crippen molar-refractivity contribution in [3.8, 4) is 6.07 Å². The molecule has 5 nitrogen and oxygen atoms in total. The standard InChI is InChI=1S/C17H15F4N3O2/c18-7-8-23-15(26)24(14(25)16(23)5-1-2-6-16)12-4-3-11(10-22)13(9-12)17(19,20)21/h3-4,9H,1-2,5-8H2. The highest BCUT2D eigenvalue weighted by Gasteiger charge is 2.58. The first-order valence-electron chi connectivity index (χ1n) is 8.10. The average Bonchev–Trinajstić information content (AvgIpc) is 3.15. The number of amides is 3. The molecule has 1 aliphatic carbocycles. The highest BCUT2D eigenvalue weighted by atomic mass is 19.4. The van der Waals surface area contributed by atoms with Crippen LogP contribution in [0.1, 0.15) is 36.8 Å². The van der Waals surface area contributed by atoms with Crippen LogP contribution in [-0.4, -0.2) is 35.6 Å². The molecule has 0 N–H and O–H groups in total. The van der Waals surface area contributed by atoms with Gasteiger partial charge in [-0.15, -0.1) is 0 Å². The SMILES string of the molecule is N#Cc1ccc(N2C(=O)N(CCF)C3(CCCC3)C2=O)cc1C(F)(F)F. The van der Waals surface area contributed by atoms with Gasteiger partial charge in [-0.2, -0.15) is 18.4 Å². The smallest absolute Gasteiger partial charge is 0.307 e. The molecule has 3 rings (SSSR count). The molecule has 9 heteroatoms. The van der Waals surface area contributed by atoms with Gasteiger partial charge in [-0.25, -0.2) is 14.1 Å². The van der Waals surface area contributed by atoms with Crippen molar-refractivity contribution in [3.63, 3.8) is 0 Å². The van der Waals surface area contributed by atoms with Crippen LogP contribution in [0.5, 0.6) is 0 Å². The first-order chi connectivity index (χ1) is 12.3. The molecule has 0 aromatic heterocycles. The number of anilines is 1. The Morgan fingerprint density at radius 3 is 2.38 bits per heavy atom. The molecule has 0 unspecified atom stereocenters. The van der Waals surface area contributed by atoms with Crippen LogP contribution < -0.4 is 4.90 Å². The summed E-state index contributed by atoms with van der Waals surface area (Å²) in [6.45, 7) is -1.14. The van der Waals surface area contributed by atoms with Gasteiger partial charge in [0.25, 0.3) is 5.91 Å². The topological polar surface area (TPSA) is 64.4 Å². The number of nitriles is 1. The quantitative estimate of drug-likeness (QED) is 0.604. The zero-order valence-corrected chi connectivity index (χ0v) is 13.6. The Labute approximate surface area is 146 Å². The zero-order chi connectivity index (χ0) is 19.1. The molecule has 1 aliphatic heterocycles. The third-order valence-corrected chi connectivity index (χ3v) is 4.97. The molecule has 26 heavy (non-hydrogen) atoms. The maximum Gasteiger partial charge on any atom is 0.417 e. The number of halogens is 4. The molecule has 0 radical (unpaired) electrons. The predicted octanol–water partition coefficient (Wildman–Crippen LogP) is 3.63. The van der Waals surface area contributed by atoms with Crippen molar-refractivity contribution in [1.29, 1.82) is 5.26 Å². The Kier molecular flexibility index (Phi) is 4.38. The van der Waals surface area contributed by atoms with Crippen molar-refractivity contribution in [1.82, 2.24) is 4.90 Å². The number of nitrogens with zero attached hydrogens (tertiary/aromatic N) is 3. The van der Waals surface area contributed by atoms with E-state index in [4.69, 9.17) is 5.26 Å². The molecule has 1 saturated carbocycles. The third kappa shape index (κ3) is 2.60. The van der Waals surface area contributed by atoms with Crippen LogP contribution in [0.15, 0.2) is 18.2 Å². The molecule has 1 heterocycles. The predicted molar refractivity (Wildman–Crippen MR) is 82.9 cm³/mol. The fourth-order valence-corrected chi connectivity index (χ4v) is 3.78. The van der Waals surface area contributed by atoms with E-state index in [1.54, 1.807) is 0 Å². The summed E-state index contributed by atoms with van der Waals surface area (Å²) >= 11 is 0. The van der Waals surface area contributed by atoms with Crippen molar-refractivity contribution >= 4 is 17.6 Å². The third-order valence-electron chi connectivity index (χ3n) is 4.97. The molecule has 1 spiro atoms. The van der Waals surface area contributed by atoms with Gasteiger partial charge in [-0.05, 0) is 31.0 Å². The first-order valence-corrected chi connectivity index (χ1v) is 8.10. The van der Waals surface area contributed by atoms with E-state index in [1.165, 1.54) is 6.07 Å². The minimum atomic E-state index is -4.81. The van der Waals surface area contributed by atoms with Gasteiger partial charge in [-0.1, -0.05) is 12.8 Å². The van der Waals surface area contributed by atoms with Crippen LogP contribution in [-0.2, 0) is 11.0 Å². The van der Waals surface area contributed by atoms with Crippen LogP contribution in [0.2, 0.25) is 0 Å². The molecule has 1 aromatic rings. The number of rotatable bonds is 3. The van der Waals surface area contributed by atoms with Gasteiger partial charge >= 0.3 is 12.2 Å². The lowest BCUT2D eigenvalue weighted by molar-refractivity contribution is -0.137. The van der Waals surface area contributed by atoms with Crippen LogP contribution in [0, 0.1) is 11.3 Å². The van der Waals surface area contributed by atoms with Crippen molar-refractivity contribution in [3.05, 3.63) is 29.3 Å². The van der Waals surface area contributed by atoms with E-state index in [0.29, 0.717) is 36.6 Å². The van der Waals surface area contributed by atoms with Gasteiger partial charge in [0.15, 0.2) is 0 Å². The molecule has 1 saturated heterocycles. The number of hydrogen-bond acceptors (Lipinski definition) is 3. The van der Waals surface area contributed by atoms with Crippen LogP contribution in [0.4, 0.5) is 28.0 Å². The van der Waals surface area contributed by atoms with Crippen LogP contribution in [0.3, 0.4) is 0 Å². The second-order valence-electron chi connectivity index (χ2n) is 6.34. The molecule has 2 fully saturated rings. The van der Waals surface area contributed by atoms with Gasteiger partial charge < -0.3 is 4.90 Å². The maximum absolute atomic E-state index is 13.2. The summed E-state index contributed by atoms with van der Waals surface area (Å²) in [4.78, 5) is 27.4. The summed E-state index contributed by atoms with van der Waals surface area (Å²) in [7, 11) is 0. The van der Waals surface area contributed by atoms with Crippen molar-refractivity contribution < 1.29 is 27.2 Å². The molecule has 3 amide bonds. The largest absolute Gasteiger partial charge is 0.417 e. The molecule has 138 valence electrons. The second kappa shape index (κ2) is 6.27. The summed E-state index contributed by atoms with van der Waals surface area (Å²) in [6, 6.07) is 3.30. The van der Waals surface area contributed by atoms with E-state index < -0.39 is 41.5 Å². The Hall–Kier alpha value is -2.63. The van der Waals surface area contributed by atoms with E-state index >= 15 is 0 Å². The van der Waals surface area contributed by atoms with Gasteiger partial charge in [0.2, 0.25) is 0 Å². The minimum Gasteiger partial charge on any atom is -0.307 e. The molecule has 0 bridgehead atoms. The zero-order valence-electron chi connectivity index (χ0n) is 13.6. The van der Waals surface area contributed by atoms with E-state index in [9.17, 15) is 27.2 Å². The normalized spacial score (nSPS) is 19.5. The van der Waals surface area contributed by atoms with Crippen molar-refractivity contribution in [2.45, 2.75) is 37.4 Å². The summed E-state index contributed by atoms with van der Waals surface area (Å²) in [5, 5.41) is 8.87. The lowest BCUT2D eigenvalue weighted by atomic mass is 9.95. The van der Waals surface area contributed by atoms with Gasteiger partial charge in [0.1, 0.15) is 12.2 Å². The lowest BCUT2D eigenvalue weighted by Gasteiger charge is -2.30. The Balaban J connectivity index is 2.08. The minimum absolute atomic E-state index is 0.265. The van der Waals surface area contributed by atoms with Gasteiger partial charge in [-0.3, -0.25) is 4.79 Å². The second-order valence-corrected chi connectivity index (χ2v) is 6.34. The Bertz CT molecular complexity index is 794. The summed E-state index contributed by atoms with van der Waals surface area (Å²) in [5.41, 5.74) is -3.27. The Morgan fingerprint density at radius 1 is 1.19 bits per heavy atom. The summed E-state index contributed by atoms with van der Waals surface area (Å²) in [6.07, 6.45) is -2.74. The molecular formula is C17H15F4N3O2. The van der Waals surface area contributed by atoms with Crippen molar-refractivity contribution in [2.24, 2.45) is 0 Å². The van der Waals surface area contributed by atoms with Gasteiger partial charge in [0.05, 0.1) is 29.4 Å². The van der Waals surface area contributed by atoms with Crippen LogP contribution >= 0.6 is 0 Å². The van der Waals surface area contributed by atoms with E-state index in [-0.39, 0.29) is 12.2 Å². The van der Waals surface area contributed by atoms with E-state index in [0.717, 1.165) is 17.0 Å². The Morgan fingerprint density at radius 2 is 1.85 bits per heavy atom. The number of urea groups is 1. The van der Waals surface area contributed by atoms with E-state index in [1.807, 2.05) is 0 Å². The van der Waals surface area contributed by atoms with Crippen LogP contribution in [0.25, 0.3) is 0 Å². The fraction of sp³-hybridized carbons (Fsp3) is 0.471. The molecular weight excluding hydrogens is 354 g/mol. The lowest BCUT2D eigenvalue weighted by Crippen LogP contribution is -2.48. The summed E-state index contributed by atoms with van der Waals surface area (Å²) in [5.74, 6) is -0.633. The fourth-order valence-electron chi connectivity index (χ4n) is 3.78. The summed E-state index contributed by atoms with van der Waals surface area (Å²) < 4.78 is 52.5. The van der Waals surface area contributed by atoms with Gasteiger partial charge in [0, 0.05) is 0 Å².